The molecule has 1 aliphatic heterocycles. The lowest BCUT2D eigenvalue weighted by molar-refractivity contribution is -0.114. The van der Waals surface area contributed by atoms with Crippen LogP contribution in [-0.4, -0.2) is 46.6 Å². The maximum absolute atomic E-state index is 11.2. The van der Waals surface area contributed by atoms with Crippen LogP contribution in [0.25, 0.3) is 0 Å². The highest BCUT2D eigenvalue weighted by atomic mass is 35.5. The van der Waals surface area contributed by atoms with Crippen LogP contribution in [0, 0.1) is 0 Å². The van der Waals surface area contributed by atoms with E-state index < -0.39 is 0 Å². The Balaban J connectivity index is 1.62. The zero-order valence-electron chi connectivity index (χ0n) is 14.9. The summed E-state index contributed by atoms with van der Waals surface area (Å²) in [5, 5.41) is 3.64. The molecule has 0 bridgehead atoms. The number of thiazole rings is 1. The van der Waals surface area contributed by atoms with Gasteiger partial charge in [-0.25, -0.2) is 4.98 Å². The lowest BCUT2D eigenvalue weighted by Gasteiger charge is -2.19. The number of anilines is 1. The van der Waals surface area contributed by atoms with Gasteiger partial charge in [-0.1, -0.05) is 29.0 Å². The minimum absolute atomic E-state index is 0.0473. The monoisotopic (exact) mass is 396 g/mol. The van der Waals surface area contributed by atoms with Crippen molar-refractivity contribution in [1.29, 1.82) is 0 Å². The molecule has 3 heterocycles. The molecule has 0 saturated carbocycles. The van der Waals surface area contributed by atoms with Gasteiger partial charge in [0.1, 0.15) is 11.3 Å². The topological polar surface area (TPSA) is 76.6 Å². The number of nitrogens with one attached hydrogen (secondary N) is 1. The van der Waals surface area contributed by atoms with Gasteiger partial charge in [0.2, 0.25) is 17.7 Å². The Labute approximate surface area is 161 Å². The largest absolute Gasteiger partial charge is 0.481 e. The van der Waals surface area contributed by atoms with E-state index in [4.69, 9.17) is 21.1 Å². The van der Waals surface area contributed by atoms with E-state index in [1.165, 1.54) is 18.3 Å². The number of ether oxygens (including phenoxy) is 2. The van der Waals surface area contributed by atoms with Gasteiger partial charge < -0.3 is 14.8 Å². The zero-order chi connectivity index (χ0) is 18.7. The van der Waals surface area contributed by atoms with E-state index in [0.29, 0.717) is 34.6 Å². The molecule has 1 N–H and O–H groups in total. The van der Waals surface area contributed by atoms with Crippen LogP contribution in [0.15, 0.2) is 18.2 Å². The van der Waals surface area contributed by atoms with Crippen molar-refractivity contribution in [1.82, 2.24) is 14.9 Å². The third-order valence-corrected chi connectivity index (χ3v) is 5.52. The van der Waals surface area contributed by atoms with E-state index in [-0.39, 0.29) is 12.0 Å². The SMILES string of the molecule is COc1cccc(O[C@@H]2C[C@H](C)N(Cc3sc(NC(C)=O)nc3Cl)C2)n1. The average molecular weight is 397 g/mol. The minimum Gasteiger partial charge on any atom is -0.481 e. The van der Waals surface area contributed by atoms with Crippen LogP contribution in [-0.2, 0) is 11.3 Å². The molecule has 7 nitrogen and oxygen atoms in total. The summed E-state index contributed by atoms with van der Waals surface area (Å²) in [5.41, 5.74) is 0. The number of rotatable bonds is 6. The van der Waals surface area contributed by atoms with Gasteiger partial charge in [-0.2, -0.15) is 4.98 Å². The number of likely N-dealkylation sites (tertiary alicyclic amines) is 1. The fourth-order valence-corrected chi connectivity index (χ4v) is 4.15. The van der Waals surface area contributed by atoms with Gasteiger partial charge in [-0.3, -0.25) is 9.69 Å². The van der Waals surface area contributed by atoms with Crippen molar-refractivity contribution in [2.24, 2.45) is 0 Å². The van der Waals surface area contributed by atoms with Crippen LogP contribution < -0.4 is 14.8 Å². The Bertz CT molecular complexity index is 785. The van der Waals surface area contributed by atoms with Crippen LogP contribution >= 0.6 is 22.9 Å². The molecule has 0 unspecified atom stereocenters. The molecular weight excluding hydrogens is 376 g/mol. The van der Waals surface area contributed by atoms with Gasteiger partial charge in [-0.05, 0) is 6.92 Å². The third-order valence-electron chi connectivity index (χ3n) is 4.14. The highest BCUT2D eigenvalue weighted by Gasteiger charge is 2.31. The first kappa shape index (κ1) is 18.9. The number of nitrogens with zero attached hydrogens (tertiary/aromatic N) is 3. The Hall–Kier alpha value is -1.90. The van der Waals surface area contributed by atoms with E-state index in [1.54, 1.807) is 13.2 Å². The summed E-state index contributed by atoms with van der Waals surface area (Å²) < 4.78 is 11.1. The van der Waals surface area contributed by atoms with Crippen LogP contribution in [0.4, 0.5) is 5.13 Å². The summed E-state index contributed by atoms with van der Waals surface area (Å²) in [6.45, 7) is 5.05. The molecule has 140 valence electrons. The summed E-state index contributed by atoms with van der Waals surface area (Å²) in [5.74, 6) is 0.940. The maximum Gasteiger partial charge on any atom is 0.223 e. The Kier molecular flexibility index (Phi) is 5.95. The van der Waals surface area contributed by atoms with Crippen molar-refractivity contribution >= 4 is 34.0 Å². The predicted molar refractivity (Wildman–Crippen MR) is 101 cm³/mol. The molecule has 1 aliphatic rings. The first-order chi connectivity index (χ1) is 12.4. The Morgan fingerprint density at radius 1 is 1.42 bits per heavy atom. The van der Waals surface area contributed by atoms with Gasteiger partial charge in [0.15, 0.2) is 5.13 Å². The smallest absolute Gasteiger partial charge is 0.223 e. The molecule has 2 aromatic rings. The summed E-state index contributed by atoms with van der Waals surface area (Å²) >= 11 is 7.62. The fourth-order valence-electron chi connectivity index (χ4n) is 2.92. The summed E-state index contributed by atoms with van der Waals surface area (Å²) in [4.78, 5) is 22.9. The molecule has 1 fully saturated rings. The molecule has 0 aliphatic carbocycles. The van der Waals surface area contributed by atoms with Crippen LogP contribution in [0.5, 0.6) is 11.8 Å². The molecule has 9 heteroatoms. The van der Waals surface area contributed by atoms with Gasteiger partial charge >= 0.3 is 0 Å². The van der Waals surface area contributed by atoms with E-state index in [2.05, 4.69) is 27.1 Å². The predicted octanol–water partition coefficient (Wildman–Crippen LogP) is 3.20. The van der Waals surface area contributed by atoms with Crippen LogP contribution in [0.1, 0.15) is 25.1 Å². The quantitative estimate of drug-likeness (QED) is 0.808. The van der Waals surface area contributed by atoms with Crippen LogP contribution in [0.3, 0.4) is 0 Å². The van der Waals surface area contributed by atoms with E-state index in [1.807, 2.05) is 12.1 Å². The third kappa shape index (κ3) is 4.63. The summed E-state index contributed by atoms with van der Waals surface area (Å²) in [6.07, 6.45) is 0.944. The minimum atomic E-state index is -0.157. The number of pyridine rings is 1. The first-order valence-electron chi connectivity index (χ1n) is 8.29. The average Bonchev–Trinajstić information content (AvgIpc) is 3.09. The number of carbonyl (C=O) groups excluding carboxylic acids is 1. The number of hydrogen-bond donors (Lipinski definition) is 1. The van der Waals surface area contributed by atoms with Crippen molar-refractivity contribution in [3.05, 3.63) is 28.2 Å². The highest BCUT2D eigenvalue weighted by Crippen LogP contribution is 2.31. The summed E-state index contributed by atoms with van der Waals surface area (Å²) in [7, 11) is 1.58. The lowest BCUT2D eigenvalue weighted by atomic mass is 10.2. The second-order valence-corrected chi connectivity index (χ2v) is 7.63. The molecule has 1 saturated heterocycles. The summed E-state index contributed by atoms with van der Waals surface area (Å²) in [6, 6.07) is 5.82. The second kappa shape index (κ2) is 8.20. The molecule has 2 aromatic heterocycles. The van der Waals surface area contributed by atoms with Crippen LogP contribution in [0.2, 0.25) is 5.15 Å². The first-order valence-corrected chi connectivity index (χ1v) is 9.48. The Morgan fingerprint density at radius 2 is 2.19 bits per heavy atom. The number of hydrogen-bond acceptors (Lipinski definition) is 7. The van der Waals surface area contributed by atoms with Gasteiger partial charge in [0.05, 0.1) is 12.0 Å². The van der Waals surface area contributed by atoms with Crippen molar-refractivity contribution in [2.45, 2.75) is 39.0 Å². The second-order valence-electron chi connectivity index (χ2n) is 6.19. The lowest BCUT2D eigenvalue weighted by Crippen LogP contribution is -2.27. The fraction of sp³-hybridized carbons (Fsp3) is 0.471. The maximum atomic E-state index is 11.2. The normalized spacial score (nSPS) is 20.2. The molecule has 2 atom stereocenters. The Morgan fingerprint density at radius 3 is 2.92 bits per heavy atom. The highest BCUT2D eigenvalue weighted by molar-refractivity contribution is 7.16. The molecule has 26 heavy (non-hydrogen) atoms. The van der Waals surface area contributed by atoms with Gasteiger partial charge in [0, 0.05) is 44.6 Å². The van der Waals surface area contributed by atoms with Crippen molar-refractivity contribution in [3.63, 3.8) is 0 Å². The van der Waals surface area contributed by atoms with E-state index in [0.717, 1.165) is 17.8 Å². The number of carbonyl (C=O) groups is 1. The zero-order valence-corrected chi connectivity index (χ0v) is 16.4. The van der Waals surface area contributed by atoms with E-state index in [9.17, 15) is 4.79 Å². The van der Waals surface area contributed by atoms with Crippen molar-refractivity contribution in [3.8, 4) is 11.8 Å². The molecule has 3 rings (SSSR count). The van der Waals surface area contributed by atoms with Crippen molar-refractivity contribution < 1.29 is 14.3 Å². The molecule has 1 amide bonds. The molecule has 0 aromatic carbocycles. The van der Waals surface area contributed by atoms with Gasteiger partial charge in [0.25, 0.3) is 0 Å². The standard InChI is InChI=1S/C17H21ClN4O3S/c1-10-7-12(25-15-6-4-5-14(20-15)24-3)8-22(10)9-13-16(18)21-17(26-13)19-11(2)23/h4-6,10,12H,7-9H2,1-3H3,(H,19,21,23)/t10-,12+/m0/s1. The number of amides is 1. The molecular formula is C17H21ClN4O3S. The number of methoxy groups -OCH3 is 1. The van der Waals surface area contributed by atoms with E-state index >= 15 is 0 Å². The number of aromatic nitrogens is 2. The molecule has 0 radical (unpaired) electrons. The molecule has 0 spiro atoms. The number of halogens is 1. The van der Waals surface area contributed by atoms with Gasteiger partial charge in [-0.15, -0.1) is 0 Å². The van der Waals surface area contributed by atoms with Crippen molar-refractivity contribution in [2.75, 3.05) is 19.0 Å².